The van der Waals surface area contributed by atoms with Gasteiger partial charge in [0.05, 0.1) is 6.42 Å². The van der Waals surface area contributed by atoms with Gasteiger partial charge < -0.3 is 0 Å². The molecule has 2 nitrogen and oxygen atoms in total. The minimum Gasteiger partial charge on any atom is -0.299 e. The van der Waals surface area contributed by atoms with Crippen molar-refractivity contribution in [1.82, 2.24) is 0 Å². The van der Waals surface area contributed by atoms with Gasteiger partial charge in [0.25, 0.3) is 0 Å². The Labute approximate surface area is 128 Å². The van der Waals surface area contributed by atoms with Crippen LogP contribution in [0.4, 0.5) is 30.7 Å². The summed E-state index contributed by atoms with van der Waals surface area (Å²) < 4.78 is 86.1. The van der Waals surface area contributed by atoms with Gasteiger partial charge in [-0.15, -0.1) is 0 Å². The van der Waals surface area contributed by atoms with Crippen LogP contribution in [0.1, 0.15) is 27.2 Å². The summed E-state index contributed by atoms with van der Waals surface area (Å²) in [6.45, 7) is 3.63. The standard InChI is InChI=1S/C10H11F7O2.Sc/c1-7(2,3)5(18)4-6(19)8(11,12)9(13,14)10(15,16)17;/h4H2,1-3H3;. The van der Waals surface area contributed by atoms with Crippen LogP contribution in [0.2, 0.25) is 0 Å². The van der Waals surface area contributed by atoms with Crippen LogP contribution in [0.5, 0.6) is 0 Å². The van der Waals surface area contributed by atoms with Crippen LogP contribution in [-0.2, 0) is 35.4 Å². The third-order valence-electron chi connectivity index (χ3n) is 2.26. The molecule has 0 spiro atoms. The van der Waals surface area contributed by atoms with E-state index in [1.165, 1.54) is 20.8 Å². The monoisotopic (exact) mass is 341 g/mol. The summed E-state index contributed by atoms with van der Waals surface area (Å²) in [7, 11) is 0. The van der Waals surface area contributed by atoms with Gasteiger partial charge in [0.15, 0.2) is 0 Å². The van der Waals surface area contributed by atoms with E-state index in [1.54, 1.807) is 0 Å². The van der Waals surface area contributed by atoms with Crippen molar-refractivity contribution in [2.45, 2.75) is 45.2 Å². The van der Waals surface area contributed by atoms with Crippen molar-refractivity contribution in [3.63, 3.8) is 0 Å². The molecular weight excluding hydrogens is 330 g/mol. The summed E-state index contributed by atoms with van der Waals surface area (Å²) in [5.41, 5.74) is -1.31. The van der Waals surface area contributed by atoms with Gasteiger partial charge in [-0.3, -0.25) is 9.59 Å². The second-order valence-corrected chi connectivity index (χ2v) is 4.92. The quantitative estimate of drug-likeness (QED) is 0.580. The number of carbonyl (C=O) groups excluding carboxylic acids is 2. The van der Waals surface area contributed by atoms with Crippen LogP contribution in [0.3, 0.4) is 0 Å². The SMILES string of the molecule is CC(C)(C)C(=O)CC(=O)C(F)(F)C(F)(F)C(F)(F)F.[Sc]. The first-order chi connectivity index (χ1) is 8.05. The molecule has 0 aromatic rings. The molecule has 0 saturated heterocycles. The number of alkyl halides is 7. The van der Waals surface area contributed by atoms with Crippen molar-refractivity contribution >= 4 is 11.6 Å². The fourth-order valence-electron chi connectivity index (χ4n) is 0.875. The zero-order valence-electron chi connectivity index (χ0n) is 10.7. The molecule has 0 saturated carbocycles. The van der Waals surface area contributed by atoms with Crippen molar-refractivity contribution in [2.75, 3.05) is 0 Å². The van der Waals surface area contributed by atoms with Crippen molar-refractivity contribution in [3.8, 4) is 0 Å². The van der Waals surface area contributed by atoms with E-state index < -0.39 is 41.4 Å². The first kappa shape index (κ1) is 22.0. The van der Waals surface area contributed by atoms with Crippen LogP contribution >= 0.6 is 0 Å². The van der Waals surface area contributed by atoms with Crippen LogP contribution in [0, 0.1) is 5.41 Å². The molecule has 10 heteroatoms. The Morgan fingerprint density at radius 3 is 1.40 bits per heavy atom. The Kier molecular flexibility index (Phi) is 6.85. The van der Waals surface area contributed by atoms with Crippen molar-refractivity contribution in [2.24, 2.45) is 5.41 Å². The Morgan fingerprint density at radius 1 is 0.800 bits per heavy atom. The molecule has 0 fully saturated rings. The molecular formula is C10H11F7O2Sc. The number of Topliss-reactive ketones (excluding diaryl/α,β-unsaturated/α-hetero) is 2. The molecule has 0 N–H and O–H groups in total. The third kappa shape index (κ3) is 4.36. The summed E-state index contributed by atoms with van der Waals surface area (Å²) in [5, 5.41) is 0. The number of rotatable bonds is 4. The van der Waals surface area contributed by atoms with Gasteiger partial charge in [-0.1, -0.05) is 20.8 Å². The molecule has 0 aromatic heterocycles. The largest absolute Gasteiger partial charge is 0.460 e. The topological polar surface area (TPSA) is 34.1 Å². The summed E-state index contributed by atoms with van der Waals surface area (Å²) in [4.78, 5) is 22.1. The van der Waals surface area contributed by atoms with Gasteiger partial charge >= 0.3 is 18.0 Å². The summed E-state index contributed by atoms with van der Waals surface area (Å²) in [6, 6.07) is 0. The number of hydrogen-bond acceptors (Lipinski definition) is 2. The Balaban J connectivity index is 0. The third-order valence-corrected chi connectivity index (χ3v) is 2.26. The zero-order valence-corrected chi connectivity index (χ0v) is 12.5. The average molecular weight is 341 g/mol. The predicted molar refractivity (Wildman–Crippen MR) is 50.0 cm³/mol. The zero-order chi connectivity index (χ0) is 15.9. The van der Waals surface area contributed by atoms with E-state index in [2.05, 4.69) is 0 Å². The second kappa shape index (κ2) is 6.23. The van der Waals surface area contributed by atoms with Crippen LogP contribution < -0.4 is 0 Å². The summed E-state index contributed by atoms with van der Waals surface area (Å²) in [6.07, 6.45) is -8.28. The van der Waals surface area contributed by atoms with Gasteiger partial charge in [0, 0.05) is 31.3 Å². The van der Waals surface area contributed by atoms with Crippen molar-refractivity contribution in [1.29, 1.82) is 0 Å². The minimum atomic E-state index is -6.59. The first-order valence-corrected chi connectivity index (χ1v) is 4.94. The number of halogens is 7. The van der Waals surface area contributed by atoms with E-state index in [0.717, 1.165) is 0 Å². The van der Waals surface area contributed by atoms with Crippen molar-refractivity contribution < 1.29 is 66.2 Å². The molecule has 0 aliphatic rings. The van der Waals surface area contributed by atoms with Gasteiger partial charge in [-0.05, 0) is 0 Å². The molecule has 0 amide bonds. The Morgan fingerprint density at radius 2 is 1.15 bits per heavy atom. The molecule has 0 rings (SSSR count). The molecule has 0 unspecified atom stereocenters. The van der Waals surface area contributed by atoms with E-state index in [1.807, 2.05) is 0 Å². The van der Waals surface area contributed by atoms with Gasteiger partial charge in [0.2, 0.25) is 5.78 Å². The van der Waals surface area contributed by atoms with E-state index in [0.29, 0.717) is 0 Å². The van der Waals surface area contributed by atoms with Crippen LogP contribution in [0.25, 0.3) is 0 Å². The molecule has 0 aliphatic carbocycles. The van der Waals surface area contributed by atoms with E-state index in [4.69, 9.17) is 0 Å². The molecule has 0 heterocycles. The maximum absolute atomic E-state index is 12.9. The predicted octanol–water partition coefficient (Wildman–Crippen LogP) is 3.39. The summed E-state index contributed by atoms with van der Waals surface area (Å²) in [5.74, 6) is -16.4. The minimum absolute atomic E-state index is 0. The molecule has 1 radical (unpaired) electrons. The maximum Gasteiger partial charge on any atom is 0.460 e. The average Bonchev–Trinajstić information content (AvgIpc) is 2.13. The van der Waals surface area contributed by atoms with Gasteiger partial charge in [0.1, 0.15) is 5.78 Å². The fraction of sp³-hybridized carbons (Fsp3) is 0.800. The van der Waals surface area contributed by atoms with Crippen LogP contribution in [-0.4, -0.2) is 29.6 Å². The van der Waals surface area contributed by atoms with E-state index in [-0.39, 0.29) is 25.8 Å². The smallest absolute Gasteiger partial charge is 0.299 e. The molecule has 115 valence electrons. The molecule has 0 bridgehead atoms. The molecule has 20 heavy (non-hydrogen) atoms. The Bertz CT molecular complexity index is 382. The maximum atomic E-state index is 12.9. The van der Waals surface area contributed by atoms with Crippen LogP contribution in [0.15, 0.2) is 0 Å². The van der Waals surface area contributed by atoms with Crippen molar-refractivity contribution in [3.05, 3.63) is 0 Å². The fourth-order valence-corrected chi connectivity index (χ4v) is 0.875. The normalized spacial score (nSPS) is 13.7. The van der Waals surface area contributed by atoms with E-state index >= 15 is 0 Å². The molecule has 0 aliphatic heterocycles. The van der Waals surface area contributed by atoms with Gasteiger partial charge in [-0.25, -0.2) is 0 Å². The molecule has 0 aromatic carbocycles. The number of carbonyl (C=O) groups is 2. The first-order valence-electron chi connectivity index (χ1n) is 4.94. The summed E-state index contributed by atoms with van der Waals surface area (Å²) >= 11 is 0. The number of hydrogen-bond donors (Lipinski definition) is 0. The van der Waals surface area contributed by atoms with Gasteiger partial charge in [-0.2, -0.15) is 30.7 Å². The Hall–Kier alpha value is -0.280. The molecule has 0 atom stereocenters. The number of ketones is 2. The second-order valence-electron chi connectivity index (χ2n) is 4.92. The van der Waals surface area contributed by atoms with E-state index in [9.17, 15) is 40.3 Å².